The zero-order valence-electron chi connectivity index (χ0n) is 2.67. The van der Waals surface area contributed by atoms with Gasteiger partial charge in [0.25, 0.3) is 0 Å². The minimum absolute atomic E-state index is 0. The third-order valence-corrected chi connectivity index (χ3v) is 0. The summed E-state index contributed by atoms with van der Waals surface area (Å²) in [5.41, 5.74) is 0. The first kappa shape index (κ1) is 16.2. The van der Waals surface area contributed by atoms with Crippen LogP contribution in [0.25, 0.3) is 0 Å². The molecule has 0 aliphatic carbocycles. The number of hydrogen-bond donors (Lipinski definition) is 1. The summed E-state index contributed by atoms with van der Waals surface area (Å²) in [6.45, 7) is 0. The molecular weight excluding hydrogens is 360 g/mol. The summed E-state index contributed by atoms with van der Waals surface area (Å²) >= 11 is 1.89. The molecule has 0 amide bonds. The molecule has 7 heteroatoms. The molecule has 1 N–H and O–H groups in total. The van der Waals surface area contributed by atoms with Crippen molar-refractivity contribution in [2.75, 3.05) is 0 Å². The molecule has 0 unspecified atom stereocenters. The van der Waals surface area contributed by atoms with Crippen LogP contribution in [0.2, 0.25) is 0 Å². The van der Waals surface area contributed by atoms with Crippen LogP contribution in [0, 0.1) is 0 Å². The Morgan fingerprint density at radius 2 is 1.00 bits per heavy atom. The largest absolute Gasteiger partial charge is 0 e. The Morgan fingerprint density at radius 1 is 1.00 bits per heavy atom. The molecule has 0 rings (SSSR count). The van der Waals surface area contributed by atoms with Crippen LogP contribution in [0.1, 0.15) is 0 Å². The van der Waals surface area contributed by atoms with E-state index in [2.05, 4.69) is 11.9 Å². The average molecular weight is 361 g/mol. The van der Waals surface area contributed by atoms with Crippen molar-refractivity contribution in [3.05, 3.63) is 0 Å². The Labute approximate surface area is 77.2 Å². The first-order chi connectivity index (χ1) is 2.73. The molecule has 0 aromatic rings. The fourth-order valence-corrected chi connectivity index (χ4v) is 0. The molecule has 0 fully saturated rings. The molecule has 0 radical (unpaired) electrons. The molecule has 0 aromatic heterocycles. The van der Waals surface area contributed by atoms with Crippen LogP contribution < -0.4 is 0 Å². The Balaban J connectivity index is -0.0000000480. The fourth-order valence-electron chi connectivity index (χ4n) is 0. The van der Waals surface area contributed by atoms with Gasteiger partial charge in [-0.25, -0.2) is 0 Å². The molecule has 0 atom stereocenters. The third kappa shape index (κ3) is 60.5. The predicted octanol–water partition coefficient (Wildman–Crippen LogP) is 2.20. The second-order valence-electron chi connectivity index (χ2n) is 0.152. The first-order valence-corrected chi connectivity index (χ1v) is 7.62. The summed E-state index contributed by atoms with van der Waals surface area (Å²) in [7, 11) is 14.8. The van der Waals surface area contributed by atoms with E-state index in [1.54, 1.807) is 0 Å². The van der Waals surface area contributed by atoms with Gasteiger partial charge in [-0.15, -0.1) is 0 Å². The molecule has 0 aromatic carbocycles. The zero-order chi connectivity index (χ0) is 5.58. The van der Waals surface area contributed by atoms with Crippen molar-refractivity contribution in [3.63, 3.8) is 0 Å². The van der Waals surface area contributed by atoms with Crippen LogP contribution in [-0.4, -0.2) is 4.66 Å². The second-order valence-corrected chi connectivity index (χ2v) is 8.07. The van der Waals surface area contributed by atoms with Crippen LogP contribution in [0.5, 0.6) is 0 Å². The second kappa shape index (κ2) is 15.8. The summed E-state index contributed by atoms with van der Waals surface area (Å²) in [4.78, 5) is 0. The van der Waals surface area contributed by atoms with E-state index >= 15 is 0 Å². The van der Waals surface area contributed by atoms with E-state index in [-0.39, 0.29) is 19.5 Å². The van der Waals surface area contributed by atoms with Crippen LogP contribution in [0.3, 0.4) is 0 Å². The van der Waals surface area contributed by atoms with Gasteiger partial charge in [0.2, 0.25) is 0 Å². The minimum atomic E-state index is -1.75. The number of hydrogen-bond acceptors (Lipinski definition) is 1. The summed E-state index contributed by atoms with van der Waals surface area (Å²) in [5.74, 6) is 0. The van der Waals surface area contributed by atoms with E-state index in [0.717, 1.165) is 0 Å². The van der Waals surface area contributed by atoms with Gasteiger partial charge in [-0.05, 0) is 0 Å². The van der Waals surface area contributed by atoms with Crippen molar-refractivity contribution >= 4 is 40.9 Å². The van der Waals surface area contributed by atoms with Crippen LogP contribution in [0.4, 0.5) is 0 Å². The Morgan fingerprint density at radius 3 is 1.00 bits per heavy atom. The van der Waals surface area contributed by atoms with Crippen LogP contribution >= 0.6 is 40.9 Å². The van der Waals surface area contributed by atoms with Gasteiger partial charge in [-0.1, -0.05) is 0 Å². The molecule has 1 nitrogen and oxygen atoms in total. The minimum Gasteiger partial charge on any atom is 0 e. The molecule has 0 aliphatic heterocycles. The Kier molecular flexibility index (Phi) is 36.4. The Bertz CT molecular complexity index is 14.4. The molecule has 51 valence electrons. The summed E-state index contributed by atoms with van der Waals surface area (Å²) in [6, 6.07) is 0. The fraction of sp³-hybridized carbons (Fsp3) is 0. The van der Waals surface area contributed by atoms with Gasteiger partial charge < -0.3 is 0 Å². The average Bonchev–Trinajstić information content (AvgIpc) is 1.41. The van der Waals surface area contributed by atoms with Crippen molar-refractivity contribution < 1.29 is 37.1 Å². The SMILES string of the molecule is OCl.[Cl][Ru]([Cl])[Cl].[Ru]. The topological polar surface area (TPSA) is 20.2 Å². The van der Waals surface area contributed by atoms with Gasteiger partial charge in [-0.2, -0.15) is 0 Å². The van der Waals surface area contributed by atoms with E-state index in [1.165, 1.54) is 0 Å². The maximum atomic E-state index is 6.47. The van der Waals surface area contributed by atoms with E-state index in [0.29, 0.717) is 0 Å². The van der Waals surface area contributed by atoms with Crippen molar-refractivity contribution in [1.82, 2.24) is 0 Å². The van der Waals surface area contributed by atoms with E-state index in [4.69, 9.17) is 33.7 Å². The van der Waals surface area contributed by atoms with E-state index in [9.17, 15) is 0 Å². The zero-order valence-corrected chi connectivity index (χ0v) is 9.17. The molecule has 0 saturated carbocycles. The van der Waals surface area contributed by atoms with Gasteiger partial charge in [0, 0.05) is 19.5 Å². The van der Waals surface area contributed by atoms with Crippen molar-refractivity contribution in [2.45, 2.75) is 0 Å². The standard InChI is InChI=1S/ClHO.3ClH.2Ru/c1-2;;;;;/h2H;3*1H;;/q;;;;;+3/p-3. The monoisotopic (exact) mass is 361 g/mol. The van der Waals surface area contributed by atoms with E-state index in [1.807, 2.05) is 0 Å². The summed E-state index contributed by atoms with van der Waals surface area (Å²) < 4.78 is 6.47. The van der Waals surface area contributed by atoms with Gasteiger partial charge in [0.05, 0.1) is 11.9 Å². The van der Waals surface area contributed by atoms with Gasteiger partial charge in [-0.3, -0.25) is 4.66 Å². The molecule has 0 heterocycles. The molecule has 0 bridgehead atoms. The maximum Gasteiger partial charge on any atom is 0 e. The molecule has 0 spiro atoms. The molecule has 7 heavy (non-hydrogen) atoms. The van der Waals surface area contributed by atoms with Gasteiger partial charge in [0.1, 0.15) is 0 Å². The predicted molar refractivity (Wildman–Crippen MR) is 25.6 cm³/mol. The number of rotatable bonds is 0. The van der Waals surface area contributed by atoms with Crippen LogP contribution in [0.15, 0.2) is 0 Å². The third-order valence-electron chi connectivity index (χ3n) is 0. The van der Waals surface area contributed by atoms with E-state index < -0.39 is 13.0 Å². The van der Waals surface area contributed by atoms with Crippen molar-refractivity contribution in [2.24, 2.45) is 0 Å². The quantitative estimate of drug-likeness (QED) is 0.657. The Hall–Kier alpha value is 2.37. The van der Waals surface area contributed by atoms with Gasteiger partial charge >= 0.3 is 42.1 Å². The molecule has 0 aliphatic rings. The molecule has 0 saturated heterocycles. The van der Waals surface area contributed by atoms with Gasteiger partial charge in [0.15, 0.2) is 0 Å². The van der Waals surface area contributed by atoms with Crippen molar-refractivity contribution in [3.8, 4) is 0 Å². The maximum absolute atomic E-state index is 6.47. The molecular formula is HCl4ORu2. The normalized spacial score (nSPS) is 7.29. The summed E-state index contributed by atoms with van der Waals surface area (Å²) in [5, 5.41) is 0. The smallest absolute Gasteiger partial charge is 0 e. The number of halogens is 4. The summed E-state index contributed by atoms with van der Waals surface area (Å²) in [6.07, 6.45) is 0. The van der Waals surface area contributed by atoms with Crippen LogP contribution in [-0.2, 0) is 32.5 Å². The first-order valence-electron chi connectivity index (χ1n) is 0.570. The van der Waals surface area contributed by atoms with Crippen molar-refractivity contribution in [1.29, 1.82) is 0 Å².